The first-order valence-electron chi connectivity index (χ1n) is 9.01. The molecule has 3 fully saturated rings. The predicted octanol–water partition coefficient (Wildman–Crippen LogP) is 2.56. The number of nitrogens with zero attached hydrogens (tertiary/aromatic N) is 4. The van der Waals surface area contributed by atoms with Gasteiger partial charge in [-0.2, -0.15) is 5.10 Å². The van der Waals surface area contributed by atoms with E-state index in [-0.39, 0.29) is 6.03 Å². The molecule has 0 aromatic carbocycles. The van der Waals surface area contributed by atoms with Gasteiger partial charge in [0.2, 0.25) is 0 Å². The van der Waals surface area contributed by atoms with Crippen LogP contribution in [0, 0.1) is 5.92 Å². The smallest absolute Gasteiger partial charge is 0.321 e. The Bertz CT molecular complexity index is 565. The first-order valence-corrected chi connectivity index (χ1v) is 9.01. The Balaban J connectivity index is 1.36. The standard InChI is InChI=1S/C17H27N5O/c1-20-8-6-13-7-9-21(12-16(13)20)17(23)19-14-10-18-22(11-14)15-4-2-3-5-15/h10-11,13,15-16H,2-9,12H2,1H3,(H,19,23)/t13-,16+/m1/s1. The largest absolute Gasteiger partial charge is 0.323 e. The number of fused-ring (bicyclic) bond motifs is 1. The van der Waals surface area contributed by atoms with Crippen molar-refractivity contribution in [2.75, 3.05) is 32.0 Å². The lowest BCUT2D eigenvalue weighted by Crippen LogP contribution is -2.50. The third-order valence-corrected chi connectivity index (χ3v) is 5.98. The van der Waals surface area contributed by atoms with Crippen LogP contribution in [0.4, 0.5) is 10.5 Å². The van der Waals surface area contributed by atoms with E-state index in [0.29, 0.717) is 12.1 Å². The van der Waals surface area contributed by atoms with E-state index >= 15 is 0 Å². The summed E-state index contributed by atoms with van der Waals surface area (Å²) in [6.07, 6.45) is 11.2. The van der Waals surface area contributed by atoms with Crippen molar-refractivity contribution in [1.82, 2.24) is 19.6 Å². The van der Waals surface area contributed by atoms with Crippen LogP contribution in [-0.4, -0.2) is 58.3 Å². The normalized spacial score (nSPS) is 29.0. The number of nitrogens with one attached hydrogen (secondary N) is 1. The lowest BCUT2D eigenvalue weighted by atomic mass is 9.92. The average Bonchev–Trinajstić information content (AvgIpc) is 3.28. The van der Waals surface area contributed by atoms with Crippen LogP contribution in [-0.2, 0) is 0 Å². The maximum absolute atomic E-state index is 12.6. The number of likely N-dealkylation sites (tertiary alicyclic amines) is 2. The molecule has 1 saturated carbocycles. The van der Waals surface area contributed by atoms with Gasteiger partial charge >= 0.3 is 6.03 Å². The maximum Gasteiger partial charge on any atom is 0.321 e. The highest BCUT2D eigenvalue weighted by Crippen LogP contribution is 2.31. The van der Waals surface area contributed by atoms with Gasteiger partial charge in [-0.25, -0.2) is 4.79 Å². The van der Waals surface area contributed by atoms with Crippen LogP contribution < -0.4 is 5.32 Å². The van der Waals surface area contributed by atoms with E-state index in [1.54, 1.807) is 6.20 Å². The Labute approximate surface area is 137 Å². The Morgan fingerprint density at radius 1 is 1.22 bits per heavy atom. The fourth-order valence-corrected chi connectivity index (χ4v) is 4.51. The Hall–Kier alpha value is -1.56. The molecule has 1 aromatic rings. The average molecular weight is 317 g/mol. The molecule has 2 amide bonds. The molecular weight excluding hydrogens is 290 g/mol. The van der Waals surface area contributed by atoms with Crippen molar-refractivity contribution < 1.29 is 4.79 Å². The van der Waals surface area contributed by atoms with Crippen molar-refractivity contribution >= 4 is 11.7 Å². The van der Waals surface area contributed by atoms with Crippen molar-refractivity contribution in [3.05, 3.63) is 12.4 Å². The minimum atomic E-state index is 0.0229. The number of amides is 2. The molecule has 6 nitrogen and oxygen atoms in total. The highest BCUT2D eigenvalue weighted by Gasteiger charge is 2.37. The van der Waals surface area contributed by atoms with Gasteiger partial charge in [0, 0.05) is 25.3 Å². The summed E-state index contributed by atoms with van der Waals surface area (Å²) in [7, 11) is 2.18. The van der Waals surface area contributed by atoms with Crippen molar-refractivity contribution in [1.29, 1.82) is 0 Å². The number of hydrogen-bond donors (Lipinski definition) is 1. The molecule has 4 rings (SSSR count). The maximum atomic E-state index is 12.6. The number of carbonyl (C=O) groups is 1. The number of anilines is 1. The molecule has 1 aliphatic carbocycles. The first kappa shape index (κ1) is 15.0. The summed E-state index contributed by atoms with van der Waals surface area (Å²) in [5.41, 5.74) is 0.823. The van der Waals surface area contributed by atoms with Gasteiger partial charge < -0.3 is 15.1 Å². The third-order valence-electron chi connectivity index (χ3n) is 5.98. The zero-order valence-electron chi connectivity index (χ0n) is 13.9. The number of hydrogen-bond acceptors (Lipinski definition) is 3. The van der Waals surface area contributed by atoms with E-state index in [1.165, 1.54) is 38.6 Å². The van der Waals surface area contributed by atoms with Crippen molar-refractivity contribution in [3.8, 4) is 0 Å². The minimum absolute atomic E-state index is 0.0229. The summed E-state index contributed by atoms with van der Waals surface area (Å²) >= 11 is 0. The van der Waals surface area contributed by atoms with Crippen molar-refractivity contribution in [2.24, 2.45) is 5.92 Å². The molecule has 6 heteroatoms. The van der Waals surface area contributed by atoms with Crippen molar-refractivity contribution in [3.63, 3.8) is 0 Å². The predicted molar refractivity (Wildman–Crippen MR) is 89.5 cm³/mol. The van der Waals surface area contributed by atoms with E-state index in [1.807, 2.05) is 15.8 Å². The number of rotatable bonds is 2. The lowest BCUT2D eigenvalue weighted by Gasteiger charge is -2.37. The van der Waals surface area contributed by atoms with Crippen LogP contribution in [0.15, 0.2) is 12.4 Å². The van der Waals surface area contributed by atoms with Crippen LogP contribution in [0.3, 0.4) is 0 Å². The van der Waals surface area contributed by atoms with E-state index in [0.717, 1.165) is 31.1 Å². The lowest BCUT2D eigenvalue weighted by molar-refractivity contribution is 0.136. The quantitative estimate of drug-likeness (QED) is 0.912. The van der Waals surface area contributed by atoms with Crippen LogP contribution in [0.1, 0.15) is 44.6 Å². The van der Waals surface area contributed by atoms with Crippen molar-refractivity contribution in [2.45, 2.75) is 50.6 Å². The summed E-state index contributed by atoms with van der Waals surface area (Å²) in [6, 6.07) is 1.08. The SMILES string of the molecule is CN1CC[C@@H]2CCN(C(=O)Nc3cnn(C4CCCC4)c3)C[C@@H]21. The number of urea groups is 1. The molecule has 0 unspecified atom stereocenters. The Morgan fingerprint density at radius 2 is 2.00 bits per heavy atom. The van der Waals surface area contributed by atoms with Gasteiger partial charge in [-0.15, -0.1) is 0 Å². The van der Waals surface area contributed by atoms with Crippen LogP contribution in [0.5, 0.6) is 0 Å². The molecule has 1 N–H and O–H groups in total. The van der Waals surface area contributed by atoms with Gasteiger partial charge in [-0.05, 0) is 45.2 Å². The second-order valence-electron chi connectivity index (χ2n) is 7.41. The number of aromatic nitrogens is 2. The van der Waals surface area contributed by atoms with Gasteiger partial charge in [0.05, 0.1) is 17.9 Å². The fraction of sp³-hybridized carbons (Fsp3) is 0.765. The van der Waals surface area contributed by atoms with Gasteiger partial charge in [0.1, 0.15) is 0 Å². The third kappa shape index (κ3) is 2.96. The Morgan fingerprint density at radius 3 is 2.83 bits per heavy atom. The number of carbonyl (C=O) groups excluding carboxylic acids is 1. The molecule has 0 spiro atoms. The molecule has 3 heterocycles. The summed E-state index contributed by atoms with van der Waals surface area (Å²) in [5, 5.41) is 7.47. The van der Waals surface area contributed by atoms with E-state index < -0.39 is 0 Å². The summed E-state index contributed by atoms with van der Waals surface area (Å²) in [6.45, 7) is 2.89. The van der Waals surface area contributed by atoms with E-state index in [9.17, 15) is 4.79 Å². The highest BCUT2D eigenvalue weighted by molar-refractivity contribution is 5.89. The van der Waals surface area contributed by atoms with E-state index in [2.05, 4.69) is 22.4 Å². The fourth-order valence-electron chi connectivity index (χ4n) is 4.51. The van der Waals surface area contributed by atoms with Crippen LogP contribution in [0.2, 0.25) is 0 Å². The molecule has 3 aliphatic rings. The molecule has 126 valence electrons. The zero-order valence-corrected chi connectivity index (χ0v) is 13.9. The molecule has 2 aliphatic heterocycles. The molecule has 0 bridgehead atoms. The molecule has 23 heavy (non-hydrogen) atoms. The Kier molecular flexibility index (Phi) is 4.01. The topological polar surface area (TPSA) is 53.4 Å². The molecule has 0 radical (unpaired) electrons. The highest BCUT2D eigenvalue weighted by atomic mass is 16.2. The van der Waals surface area contributed by atoms with Gasteiger partial charge in [-0.1, -0.05) is 12.8 Å². The summed E-state index contributed by atoms with van der Waals surface area (Å²) < 4.78 is 2.03. The molecule has 2 saturated heterocycles. The molecule has 1 aromatic heterocycles. The number of likely N-dealkylation sites (N-methyl/N-ethyl adjacent to an activating group) is 1. The summed E-state index contributed by atoms with van der Waals surface area (Å²) in [5.74, 6) is 0.772. The second-order valence-corrected chi connectivity index (χ2v) is 7.41. The minimum Gasteiger partial charge on any atom is -0.323 e. The van der Waals surface area contributed by atoms with E-state index in [4.69, 9.17) is 0 Å². The van der Waals surface area contributed by atoms with Gasteiger partial charge in [0.25, 0.3) is 0 Å². The van der Waals surface area contributed by atoms with Crippen LogP contribution in [0.25, 0.3) is 0 Å². The monoisotopic (exact) mass is 317 g/mol. The molecular formula is C17H27N5O. The zero-order chi connectivity index (χ0) is 15.8. The second kappa shape index (κ2) is 6.15. The first-order chi connectivity index (χ1) is 11.2. The summed E-state index contributed by atoms with van der Waals surface area (Å²) in [4.78, 5) is 16.9. The van der Waals surface area contributed by atoms with Gasteiger partial charge in [0.15, 0.2) is 0 Å². The van der Waals surface area contributed by atoms with Crippen LogP contribution >= 0.6 is 0 Å². The number of piperidine rings is 1. The molecule has 2 atom stereocenters. The van der Waals surface area contributed by atoms with Gasteiger partial charge in [-0.3, -0.25) is 4.68 Å².